The lowest BCUT2D eigenvalue weighted by Gasteiger charge is -2.28. The van der Waals surface area contributed by atoms with E-state index in [-0.39, 0.29) is 24.2 Å². The minimum atomic E-state index is -0.611. The number of halogens is 1. The maximum atomic E-state index is 13.0. The molecule has 0 saturated heterocycles. The van der Waals surface area contributed by atoms with Gasteiger partial charge in [-0.25, -0.2) is 4.39 Å². The van der Waals surface area contributed by atoms with Crippen molar-refractivity contribution >= 4 is 11.8 Å². The van der Waals surface area contributed by atoms with Crippen LogP contribution in [0.3, 0.4) is 0 Å². The Balaban J connectivity index is 2.03. The first-order chi connectivity index (χ1) is 13.5. The first-order valence-corrected chi connectivity index (χ1v) is 9.50. The molecule has 0 heterocycles. The molecule has 0 aliphatic carbocycles. The Labute approximate surface area is 165 Å². The summed E-state index contributed by atoms with van der Waals surface area (Å²) in [5.74, 6) is -0.449. The smallest absolute Gasteiger partial charge is 0.261 e. The fourth-order valence-electron chi connectivity index (χ4n) is 2.72. The quantitative estimate of drug-likeness (QED) is 0.682. The number of carbonyl (C=O) groups excluding carboxylic acids is 2. The maximum Gasteiger partial charge on any atom is 0.261 e. The maximum absolute atomic E-state index is 13.0. The number of hydrogen-bond donors (Lipinski definition) is 1. The number of hydrogen-bond acceptors (Lipinski definition) is 3. The number of ether oxygens (including phenoxy) is 1. The summed E-state index contributed by atoms with van der Waals surface area (Å²) >= 11 is 0. The molecule has 0 saturated carbocycles. The molecule has 150 valence electrons. The lowest BCUT2D eigenvalue weighted by Crippen LogP contribution is -2.50. The summed E-state index contributed by atoms with van der Waals surface area (Å²) in [5.41, 5.74) is 1.08. The number of carbonyl (C=O) groups is 2. The molecule has 0 unspecified atom stereocenters. The lowest BCUT2D eigenvalue weighted by molar-refractivity contribution is -0.141. The van der Waals surface area contributed by atoms with Gasteiger partial charge in [-0.05, 0) is 49.6 Å². The number of nitrogens with one attached hydrogen (secondary N) is 1. The van der Waals surface area contributed by atoms with Gasteiger partial charge in [0.15, 0.2) is 6.61 Å². The summed E-state index contributed by atoms with van der Waals surface area (Å²) in [4.78, 5) is 26.7. The summed E-state index contributed by atoms with van der Waals surface area (Å²) < 4.78 is 18.5. The van der Waals surface area contributed by atoms with E-state index in [1.165, 1.54) is 29.2 Å². The first-order valence-electron chi connectivity index (χ1n) is 9.50. The highest BCUT2D eigenvalue weighted by Crippen LogP contribution is 2.12. The molecular formula is C22H27FN2O3. The SMILES string of the molecule is CCCNC(=O)[C@@H](C)N(CCc1ccccc1)C(=O)COc1ccc(F)cc1. The minimum Gasteiger partial charge on any atom is -0.484 e. The fourth-order valence-corrected chi connectivity index (χ4v) is 2.72. The predicted molar refractivity (Wildman–Crippen MR) is 107 cm³/mol. The second-order valence-electron chi connectivity index (χ2n) is 6.53. The topological polar surface area (TPSA) is 58.6 Å². The van der Waals surface area contributed by atoms with Gasteiger partial charge in [-0.1, -0.05) is 37.3 Å². The van der Waals surface area contributed by atoms with Gasteiger partial charge in [0.1, 0.15) is 17.6 Å². The average molecular weight is 386 g/mol. The molecule has 0 aliphatic heterocycles. The van der Waals surface area contributed by atoms with Crippen LogP contribution in [0.2, 0.25) is 0 Å². The van der Waals surface area contributed by atoms with Crippen molar-refractivity contribution in [1.29, 1.82) is 0 Å². The van der Waals surface area contributed by atoms with Crippen LogP contribution in [0.25, 0.3) is 0 Å². The zero-order chi connectivity index (χ0) is 20.4. The summed E-state index contributed by atoms with van der Waals surface area (Å²) in [6.07, 6.45) is 1.46. The van der Waals surface area contributed by atoms with E-state index in [1.807, 2.05) is 37.3 Å². The molecule has 0 spiro atoms. The van der Waals surface area contributed by atoms with Crippen LogP contribution >= 0.6 is 0 Å². The van der Waals surface area contributed by atoms with Gasteiger partial charge in [-0.15, -0.1) is 0 Å². The molecule has 0 aromatic heterocycles. The Morgan fingerprint density at radius 3 is 2.43 bits per heavy atom. The predicted octanol–water partition coefficient (Wildman–Crippen LogP) is 3.19. The third-order valence-corrected chi connectivity index (χ3v) is 4.38. The summed E-state index contributed by atoms with van der Waals surface area (Å²) in [5, 5.41) is 2.83. The zero-order valence-corrected chi connectivity index (χ0v) is 16.4. The number of benzene rings is 2. The van der Waals surface area contributed by atoms with E-state index in [9.17, 15) is 14.0 Å². The molecule has 0 fully saturated rings. The highest BCUT2D eigenvalue weighted by Gasteiger charge is 2.25. The van der Waals surface area contributed by atoms with Crippen molar-refractivity contribution in [3.8, 4) is 5.75 Å². The molecule has 0 aliphatic rings. The molecule has 2 amide bonds. The van der Waals surface area contributed by atoms with E-state index >= 15 is 0 Å². The van der Waals surface area contributed by atoms with Gasteiger partial charge in [-0.2, -0.15) is 0 Å². The van der Waals surface area contributed by atoms with Gasteiger partial charge in [-0.3, -0.25) is 9.59 Å². The lowest BCUT2D eigenvalue weighted by atomic mass is 10.1. The van der Waals surface area contributed by atoms with E-state index in [0.29, 0.717) is 25.3 Å². The van der Waals surface area contributed by atoms with Gasteiger partial charge in [0.2, 0.25) is 5.91 Å². The van der Waals surface area contributed by atoms with Gasteiger partial charge in [0.05, 0.1) is 0 Å². The molecule has 5 nitrogen and oxygen atoms in total. The summed E-state index contributed by atoms with van der Waals surface area (Å²) in [6, 6.07) is 14.7. The molecule has 2 aromatic rings. The third-order valence-electron chi connectivity index (χ3n) is 4.38. The number of amides is 2. The Hall–Kier alpha value is -2.89. The van der Waals surface area contributed by atoms with Crippen molar-refractivity contribution in [3.05, 3.63) is 66.0 Å². The van der Waals surface area contributed by atoms with Crippen LogP contribution in [-0.4, -0.2) is 42.5 Å². The molecule has 6 heteroatoms. The van der Waals surface area contributed by atoms with Crippen molar-refractivity contribution in [2.45, 2.75) is 32.7 Å². The Morgan fingerprint density at radius 2 is 1.79 bits per heavy atom. The van der Waals surface area contributed by atoms with Gasteiger partial charge >= 0.3 is 0 Å². The summed E-state index contributed by atoms with van der Waals surface area (Å²) in [6.45, 7) is 4.43. The largest absolute Gasteiger partial charge is 0.484 e. The van der Waals surface area contributed by atoms with Crippen LogP contribution in [0.1, 0.15) is 25.8 Å². The molecule has 2 aromatic carbocycles. The molecular weight excluding hydrogens is 359 g/mol. The Morgan fingerprint density at radius 1 is 1.11 bits per heavy atom. The van der Waals surface area contributed by atoms with E-state index in [0.717, 1.165) is 12.0 Å². The molecule has 2 rings (SSSR count). The van der Waals surface area contributed by atoms with Crippen molar-refractivity contribution in [2.24, 2.45) is 0 Å². The second-order valence-corrected chi connectivity index (χ2v) is 6.53. The van der Waals surface area contributed by atoms with Crippen LogP contribution < -0.4 is 10.1 Å². The molecule has 28 heavy (non-hydrogen) atoms. The van der Waals surface area contributed by atoms with Crippen LogP contribution in [0, 0.1) is 5.82 Å². The van der Waals surface area contributed by atoms with Crippen molar-refractivity contribution in [3.63, 3.8) is 0 Å². The molecule has 0 bridgehead atoms. The Bertz CT molecular complexity index is 750. The average Bonchev–Trinajstić information content (AvgIpc) is 2.72. The fraction of sp³-hybridized carbons (Fsp3) is 0.364. The minimum absolute atomic E-state index is 0.190. The Kier molecular flexibility index (Phi) is 8.46. The van der Waals surface area contributed by atoms with Crippen LogP contribution in [0.15, 0.2) is 54.6 Å². The van der Waals surface area contributed by atoms with Crippen molar-refractivity contribution < 1.29 is 18.7 Å². The summed E-state index contributed by atoms with van der Waals surface area (Å²) in [7, 11) is 0. The van der Waals surface area contributed by atoms with Crippen LogP contribution in [0.4, 0.5) is 4.39 Å². The third kappa shape index (κ3) is 6.68. The van der Waals surface area contributed by atoms with E-state index in [4.69, 9.17) is 4.74 Å². The highest BCUT2D eigenvalue weighted by atomic mass is 19.1. The van der Waals surface area contributed by atoms with E-state index in [2.05, 4.69) is 5.32 Å². The van der Waals surface area contributed by atoms with E-state index < -0.39 is 6.04 Å². The van der Waals surface area contributed by atoms with Crippen LogP contribution in [0.5, 0.6) is 5.75 Å². The first kappa shape index (κ1) is 21.4. The number of nitrogens with zero attached hydrogens (tertiary/aromatic N) is 1. The molecule has 0 radical (unpaired) electrons. The molecule has 1 atom stereocenters. The molecule has 1 N–H and O–H groups in total. The standard InChI is InChI=1S/C22H27FN2O3/c1-3-14-24-22(27)17(2)25(15-13-18-7-5-4-6-8-18)21(26)16-28-20-11-9-19(23)10-12-20/h4-12,17H,3,13-16H2,1-2H3,(H,24,27)/t17-/m1/s1. The van der Waals surface area contributed by atoms with Crippen molar-refractivity contribution in [2.75, 3.05) is 19.7 Å². The second kappa shape index (κ2) is 11.1. The van der Waals surface area contributed by atoms with E-state index in [1.54, 1.807) is 6.92 Å². The zero-order valence-electron chi connectivity index (χ0n) is 16.4. The van der Waals surface area contributed by atoms with Gasteiger partial charge in [0, 0.05) is 13.1 Å². The normalized spacial score (nSPS) is 11.5. The van der Waals surface area contributed by atoms with Crippen LogP contribution in [-0.2, 0) is 16.0 Å². The number of rotatable bonds is 10. The van der Waals surface area contributed by atoms with Gasteiger partial charge < -0.3 is 15.0 Å². The highest BCUT2D eigenvalue weighted by molar-refractivity contribution is 5.87. The monoisotopic (exact) mass is 386 g/mol. The van der Waals surface area contributed by atoms with Crippen molar-refractivity contribution in [1.82, 2.24) is 10.2 Å². The van der Waals surface area contributed by atoms with Gasteiger partial charge in [0.25, 0.3) is 5.91 Å².